The van der Waals surface area contributed by atoms with Gasteiger partial charge in [-0.25, -0.2) is 0 Å². The number of rotatable bonds is 3. The Morgan fingerprint density at radius 3 is 2.44 bits per heavy atom. The van der Waals surface area contributed by atoms with Crippen molar-refractivity contribution in [2.45, 2.75) is 50.2 Å². The number of nitrogens with zero attached hydrogens (tertiary/aromatic N) is 1. The van der Waals surface area contributed by atoms with Crippen molar-refractivity contribution in [3.05, 3.63) is 22.7 Å². The number of amides is 1. The lowest BCUT2D eigenvalue weighted by Gasteiger charge is -2.47. The maximum Gasteiger partial charge on any atom is 0.255 e. The monoisotopic (exact) mass is 409 g/mol. The smallest absolute Gasteiger partial charge is 0.255 e. The second kappa shape index (κ2) is 9.17. The van der Waals surface area contributed by atoms with E-state index in [1.165, 1.54) is 26.4 Å². The van der Waals surface area contributed by atoms with Gasteiger partial charge >= 0.3 is 0 Å². The van der Waals surface area contributed by atoms with Crippen LogP contribution >= 0.6 is 36.4 Å². The van der Waals surface area contributed by atoms with Gasteiger partial charge < -0.3 is 20.7 Å². The second-order valence-corrected chi connectivity index (χ2v) is 7.03. The normalized spacial score (nSPS) is 25.3. The first-order valence-corrected chi connectivity index (χ1v) is 8.53. The van der Waals surface area contributed by atoms with Gasteiger partial charge in [0.1, 0.15) is 5.75 Å². The zero-order chi connectivity index (χ0) is 16.6. The number of nitrogens with one attached hydrogen (secondary N) is 1. The number of carbonyl (C=O) groups excluding carboxylic acids is 1. The van der Waals surface area contributed by atoms with E-state index < -0.39 is 0 Å². The molecule has 2 unspecified atom stereocenters. The Morgan fingerprint density at radius 1 is 1.28 bits per heavy atom. The molecule has 0 saturated carbocycles. The van der Waals surface area contributed by atoms with E-state index in [-0.39, 0.29) is 36.8 Å². The van der Waals surface area contributed by atoms with Gasteiger partial charge in [-0.05, 0) is 38.8 Å². The Hall–Kier alpha value is -0.880. The highest BCUT2D eigenvalue weighted by Crippen LogP contribution is 2.33. The fourth-order valence-corrected chi connectivity index (χ4v) is 4.08. The van der Waals surface area contributed by atoms with E-state index in [2.05, 4.69) is 17.3 Å². The average molecular weight is 411 g/mol. The van der Waals surface area contributed by atoms with Crippen LogP contribution in [0.4, 0.5) is 5.69 Å². The van der Waals surface area contributed by atoms with Gasteiger partial charge in [0.05, 0.1) is 23.4 Å². The van der Waals surface area contributed by atoms with Gasteiger partial charge in [-0.15, -0.1) is 24.8 Å². The van der Waals surface area contributed by atoms with Crippen molar-refractivity contribution in [3.63, 3.8) is 0 Å². The number of carbonyl (C=O) groups is 1. The van der Waals surface area contributed by atoms with Crippen LogP contribution in [0.25, 0.3) is 0 Å². The molecule has 2 saturated heterocycles. The zero-order valence-electron chi connectivity index (χ0n) is 14.5. The Balaban J connectivity index is 0.00000156. The minimum atomic E-state index is -0.142. The van der Waals surface area contributed by atoms with E-state index in [1.54, 1.807) is 12.1 Å². The number of hydrogen-bond donors (Lipinski definition) is 2. The molecule has 25 heavy (non-hydrogen) atoms. The van der Waals surface area contributed by atoms with Crippen molar-refractivity contribution in [1.29, 1.82) is 0 Å². The third kappa shape index (κ3) is 4.64. The summed E-state index contributed by atoms with van der Waals surface area (Å²) in [6.45, 7) is 0. The predicted molar refractivity (Wildman–Crippen MR) is 107 cm³/mol. The van der Waals surface area contributed by atoms with Gasteiger partial charge in [0, 0.05) is 24.2 Å². The lowest BCUT2D eigenvalue weighted by Crippen LogP contribution is -2.55. The van der Waals surface area contributed by atoms with Crippen molar-refractivity contribution in [3.8, 4) is 5.75 Å². The van der Waals surface area contributed by atoms with Crippen molar-refractivity contribution in [2.75, 3.05) is 19.9 Å². The molecule has 142 valence electrons. The number of hydrogen-bond acceptors (Lipinski definition) is 4. The average Bonchev–Trinajstić information content (AvgIpc) is 2.50. The van der Waals surface area contributed by atoms with Gasteiger partial charge in [0.2, 0.25) is 0 Å². The Morgan fingerprint density at radius 2 is 1.88 bits per heavy atom. The van der Waals surface area contributed by atoms with Crippen LogP contribution < -0.4 is 15.8 Å². The standard InChI is InChI=1S/C17H24ClN3O2.2ClH/c1-21-11-4-3-5-12(21)7-10(6-11)20-17(22)13-8-14(18)15(19)9-16(13)23-2;;/h8-12H,3-7,19H2,1-2H3,(H,20,22);2*1H. The van der Waals surface area contributed by atoms with Crippen molar-refractivity contribution in [1.82, 2.24) is 10.2 Å². The Bertz CT molecular complexity index is 601. The summed E-state index contributed by atoms with van der Waals surface area (Å²) < 4.78 is 5.28. The van der Waals surface area contributed by atoms with E-state index in [1.807, 2.05) is 0 Å². The molecule has 0 radical (unpaired) electrons. The van der Waals surface area contributed by atoms with Gasteiger partial charge in [-0.2, -0.15) is 0 Å². The number of halogens is 3. The van der Waals surface area contributed by atoms with Crippen LogP contribution in [-0.4, -0.2) is 43.1 Å². The molecule has 8 heteroatoms. The van der Waals surface area contributed by atoms with Crippen LogP contribution in [0.5, 0.6) is 5.75 Å². The molecular formula is C17H26Cl3N3O2. The molecule has 1 aromatic rings. The highest BCUT2D eigenvalue weighted by atomic mass is 35.5. The van der Waals surface area contributed by atoms with Gasteiger partial charge in [-0.1, -0.05) is 18.0 Å². The molecular weight excluding hydrogens is 385 g/mol. The number of fused-ring (bicyclic) bond motifs is 2. The van der Waals surface area contributed by atoms with E-state index in [4.69, 9.17) is 22.1 Å². The van der Waals surface area contributed by atoms with Gasteiger partial charge in [0.15, 0.2) is 0 Å². The molecule has 2 heterocycles. The Labute approximate surface area is 166 Å². The molecule has 0 aromatic heterocycles. The Kier molecular flexibility index (Phi) is 8.13. The first-order valence-electron chi connectivity index (χ1n) is 8.15. The molecule has 3 rings (SSSR count). The minimum Gasteiger partial charge on any atom is -0.496 e. The number of methoxy groups -OCH3 is 1. The first kappa shape index (κ1) is 22.2. The highest BCUT2D eigenvalue weighted by molar-refractivity contribution is 6.33. The molecule has 2 aliphatic rings. The van der Waals surface area contributed by atoms with Crippen molar-refractivity contribution in [2.24, 2.45) is 0 Å². The molecule has 2 atom stereocenters. The number of nitrogens with two attached hydrogens (primary N) is 1. The van der Waals surface area contributed by atoms with Crippen LogP contribution in [0.15, 0.2) is 12.1 Å². The van der Waals surface area contributed by atoms with E-state index in [0.717, 1.165) is 12.8 Å². The lowest BCUT2D eigenvalue weighted by atomic mass is 9.82. The third-order valence-corrected chi connectivity index (χ3v) is 5.57. The summed E-state index contributed by atoms with van der Waals surface area (Å²) in [4.78, 5) is 15.1. The maximum atomic E-state index is 12.7. The molecule has 2 bridgehead atoms. The molecule has 2 aliphatic heterocycles. The van der Waals surface area contributed by atoms with Crippen molar-refractivity contribution >= 4 is 48.0 Å². The summed E-state index contributed by atoms with van der Waals surface area (Å²) in [7, 11) is 3.73. The van der Waals surface area contributed by atoms with Gasteiger partial charge in [0.25, 0.3) is 5.91 Å². The second-order valence-electron chi connectivity index (χ2n) is 6.62. The van der Waals surface area contributed by atoms with Crippen LogP contribution in [0.2, 0.25) is 5.02 Å². The summed E-state index contributed by atoms with van der Waals surface area (Å²) in [6, 6.07) is 4.53. The number of ether oxygens (including phenoxy) is 1. The molecule has 0 aliphatic carbocycles. The molecule has 3 N–H and O–H groups in total. The molecule has 2 fully saturated rings. The van der Waals surface area contributed by atoms with E-state index in [9.17, 15) is 4.79 Å². The number of benzene rings is 1. The van der Waals surface area contributed by atoms with Crippen LogP contribution in [-0.2, 0) is 0 Å². The molecule has 0 spiro atoms. The van der Waals surface area contributed by atoms with Gasteiger partial charge in [-0.3, -0.25) is 4.79 Å². The fourth-order valence-electron chi connectivity index (χ4n) is 3.91. The fraction of sp³-hybridized carbons (Fsp3) is 0.588. The summed E-state index contributed by atoms with van der Waals surface area (Å²) in [5.74, 6) is 0.314. The minimum absolute atomic E-state index is 0. The largest absolute Gasteiger partial charge is 0.496 e. The zero-order valence-corrected chi connectivity index (χ0v) is 16.8. The van der Waals surface area contributed by atoms with Crippen LogP contribution in [0.1, 0.15) is 42.5 Å². The van der Waals surface area contributed by atoms with Crippen molar-refractivity contribution < 1.29 is 9.53 Å². The highest BCUT2D eigenvalue weighted by Gasteiger charge is 2.36. The SMILES string of the molecule is COc1cc(N)c(Cl)cc1C(=O)NC1CC2CCCC(C1)N2C.Cl.Cl. The lowest BCUT2D eigenvalue weighted by molar-refractivity contribution is 0.0462. The van der Waals surface area contributed by atoms with E-state index >= 15 is 0 Å². The number of piperidine rings is 2. The topological polar surface area (TPSA) is 67.6 Å². The molecule has 1 aromatic carbocycles. The van der Waals surface area contributed by atoms with Crippen LogP contribution in [0.3, 0.4) is 0 Å². The first-order chi connectivity index (χ1) is 11.0. The predicted octanol–water partition coefficient (Wildman–Crippen LogP) is 3.52. The van der Waals surface area contributed by atoms with E-state index in [0.29, 0.717) is 34.1 Å². The summed E-state index contributed by atoms with van der Waals surface area (Å²) in [5, 5.41) is 3.53. The number of nitrogen functional groups attached to an aromatic ring is 1. The maximum absolute atomic E-state index is 12.7. The van der Waals surface area contributed by atoms with Crippen LogP contribution in [0, 0.1) is 0 Å². The summed E-state index contributed by atoms with van der Waals surface area (Å²) in [6.07, 6.45) is 5.74. The summed E-state index contributed by atoms with van der Waals surface area (Å²) >= 11 is 6.06. The third-order valence-electron chi connectivity index (χ3n) is 5.24. The summed E-state index contributed by atoms with van der Waals surface area (Å²) in [5.41, 5.74) is 6.63. The quantitative estimate of drug-likeness (QED) is 0.748. The number of anilines is 1. The molecule has 5 nitrogen and oxygen atoms in total. The molecule has 1 amide bonds.